The molecule has 0 saturated carbocycles. The molecule has 0 unspecified atom stereocenters. The smallest absolute Gasteiger partial charge is 0.200 e. The van der Waals surface area contributed by atoms with Gasteiger partial charge >= 0.3 is 0 Å². The van der Waals surface area contributed by atoms with Gasteiger partial charge in [-0.3, -0.25) is 4.79 Å². The Bertz CT molecular complexity index is 978. The summed E-state index contributed by atoms with van der Waals surface area (Å²) in [6.45, 7) is 1.45. The summed E-state index contributed by atoms with van der Waals surface area (Å²) in [5.74, 6) is -2.50. The highest BCUT2D eigenvalue weighted by molar-refractivity contribution is 5.88. The molecular weight excluding hydrogens is 304 g/mol. The van der Waals surface area contributed by atoms with Gasteiger partial charge in [0.05, 0.1) is 0 Å². The molecule has 2 aromatic carbocycles. The lowest BCUT2D eigenvalue weighted by Crippen LogP contribution is -2.01. The molecule has 5 N–H and O–H groups in total. The fraction of sp³-hybridized carbons (Fsp3) is 0.0625. The minimum atomic E-state index is -0.692. The minimum Gasteiger partial charge on any atom is -0.507 e. The SMILES string of the molecule is Cc1c(O)cc2oc(-c3cc(O)c(O)c(O)c3)cc(=O)c2c1O. The first-order valence-corrected chi connectivity index (χ1v) is 6.54. The normalized spacial score (nSPS) is 11.0. The number of aromatic hydroxyl groups is 5. The van der Waals surface area contributed by atoms with Crippen LogP contribution in [-0.2, 0) is 0 Å². The standard InChI is InChI=1S/C16H12O7/c1-6-8(17)4-13-14(15(6)21)9(18)5-12(23-13)7-2-10(19)16(22)11(20)3-7/h2-5,17,19-22H,1H3. The second kappa shape index (κ2) is 4.84. The first kappa shape index (κ1) is 14.6. The number of phenolic OH excluding ortho intramolecular Hbond substituents is 5. The third-order valence-corrected chi connectivity index (χ3v) is 3.57. The number of phenols is 5. The summed E-state index contributed by atoms with van der Waals surface area (Å²) in [6.07, 6.45) is 0. The summed E-state index contributed by atoms with van der Waals surface area (Å²) in [4.78, 5) is 12.2. The van der Waals surface area contributed by atoms with E-state index >= 15 is 0 Å². The van der Waals surface area contributed by atoms with Crippen LogP contribution in [0.1, 0.15) is 5.56 Å². The fourth-order valence-corrected chi connectivity index (χ4v) is 2.28. The van der Waals surface area contributed by atoms with E-state index in [9.17, 15) is 30.3 Å². The molecule has 118 valence electrons. The van der Waals surface area contributed by atoms with Gasteiger partial charge in [-0.2, -0.15) is 0 Å². The van der Waals surface area contributed by atoms with Crippen molar-refractivity contribution in [3.63, 3.8) is 0 Å². The number of hydrogen-bond donors (Lipinski definition) is 5. The molecule has 0 aliphatic carbocycles. The third kappa shape index (κ3) is 2.18. The van der Waals surface area contributed by atoms with Gasteiger partial charge in [0, 0.05) is 23.3 Å². The quantitative estimate of drug-likeness (QED) is 0.435. The highest BCUT2D eigenvalue weighted by Crippen LogP contribution is 2.40. The topological polar surface area (TPSA) is 131 Å². The van der Waals surface area contributed by atoms with Crippen molar-refractivity contribution in [3.05, 3.63) is 40.1 Å². The predicted octanol–water partition coefficient (Wildman–Crippen LogP) is 2.30. The highest BCUT2D eigenvalue weighted by Gasteiger charge is 2.17. The van der Waals surface area contributed by atoms with E-state index in [1.54, 1.807) is 0 Å². The molecule has 0 atom stereocenters. The van der Waals surface area contributed by atoms with Crippen LogP contribution >= 0.6 is 0 Å². The zero-order valence-electron chi connectivity index (χ0n) is 11.9. The van der Waals surface area contributed by atoms with E-state index in [0.29, 0.717) is 0 Å². The predicted molar refractivity (Wildman–Crippen MR) is 81.0 cm³/mol. The minimum absolute atomic E-state index is 0.0178. The van der Waals surface area contributed by atoms with E-state index in [1.807, 2.05) is 0 Å². The van der Waals surface area contributed by atoms with Gasteiger partial charge in [0.15, 0.2) is 22.7 Å². The van der Waals surface area contributed by atoms with Gasteiger partial charge in [-0.25, -0.2) is 0 Å². The summed E-state index contributed by atoms with van der Waals surface area (Å²) in [5, 5.41) is 48.1. The molecule has 0 aliphatic heterocycles. The number of fused-ring (bicyclic) bond motifs is 1. The van der Waals surface area contributed by atoms with Crippen LogP contribution in [0.4, 0.5) is 0 Å². The van der Waals surface area contributed by atoms with Crippen LogP contribution in [-0.4, -0.2) is 25.5 Å². The Hall–Kier alpha value is -3.35. The maximum Gasteiger partial charge on any atom is 0.200 e. The summed E-state index contributed by atoms with van der Waals surface area (Å²) in [6, 6.07) is 4.47. The average molecular weight is 316 g/mol. The Balaban J connectivity index is 2.33. The molecule has 0 amide bonds. The van der Waals surface area contributed by atoms with Gasteiger partial charge in [-0.1, -0.05) is 0 Å². The van der Waals surface area contributed by atoms with Crippen LogP contribution in [0.5, 0.6) is 28.7 Å². The maximum absolute atomic E-state index is 12.2. The first-order valence-electron chi connectivity index (χ1n) is 6.54. The molecule has 1 heterocycles. The van der Waals surface area contributed by atoms with E-state index < -0.39 is 22.7 Å². The van der Waals surface area contributed by atoms with Crippen LogP contribution in [0, 0.1) is 6.92 Å². The molecule has 0 radical (unpaired) electrons. The molecule has 3 aromatic rings. The van der Waals surface area contributed by atoms with Crippen molar-refractivity contribution in [1.29, 1.82) is 0 Å². The molecule has 7 nitrogen and oxygen atoms in total. The van der Waals surface area contributed by atoms with Crippen molar-refractivity contribution in [3.8, 4) is 40.1 Å². The Morgan fingerprint density at radius 3 is 2.04 bits per heavy atom. The number of rotatable bonds is 1. The van der Waals surface area contributed by atoms with Crippen molar-refractivity contribution < 1.29 is 29.9 Å². The van der Waals surface area contributed by atoms with E-state index in [0.717, 1.165) is 18.2 Å². The Morgan fingerprint density at radius 1 is 0.826 bits per heavy atom. The molecule has 0 saturated heterocycles. The van der Waals surface area contributed by atoms with Gasteiger partial charge in [0.1, 0.15) is 28.2 Å². The van der Waals surface area contributed by atoms with Gasteiger partial charge < -0.3 is 29.9 Å². The molecule has 0 fully saturated rings. The molecular formula is C16H12O7. The zero-order chi connectivity index (χ0) is 16.9. The lowest BCUT2D eigenvalue weighted by Gasteiger charge is -2.09. The van der Waals surface area contributed by atoms with Crippen LogP contribution in [0.15, 0.2) is 33.5 Å². The summed E-state index contributed by atoms with van der Waals surface area (Å²) in [5.41, 5.74) is -0.331. The van der Waals surface area contributed by atoms with E-state index in [4.69, 9.17) is 4.42 Å². The zero-order valence-corrected chi connectivity index (χ0v) is 11.9. The lowest BCUT2D eigenvalue weighted by molar-refractivity contribution is 0.368. The van der Waals surface area contributed by atoms with E-state index in [2.05, 4.69) is 0 Å². The first-order chi connectivity index (χ1) is 10.8. The maximum atomic E-state index is 12.2. The van der Waals surface area contributed by atoms with Crippen LogP contribution in [0.2, 0.25) is 0 Å². The monoisotopic (exact) mass is 316 g/mol. The van der Waals surface area contributed by atoms with Crippen molar-refractivity contribution in [2.24, 2.45) is 0 Å². The van der Waals surface area contributed by atoms with Gasteiger partial charge in [-0.15, -0.1) is 0 Å². The van der Waals surface area contributed by atoms with Crippen molar-refractivity contribution >= 4 is 11.0 Å². The number of hydrogen-bond acceptors (Lipinski definition) is 7. The molecule has 0 bridgehead atoms. The molecule has 0 aliphatic rings. The van der Waals surface area contributed by atoms with Crippen molar-refractivity contribution in [2.45, 2.75) is 6.92 Å². The van der Waals surface area contributed by atoms with Crippen LogP contribution in [0.25, 0.3) is 22.3 Å². The van der Waals surface area contributed by atoms with Gasteiger partial charge in [-0.05, 0) is 19.1 Å². The van der Waals surface area contributed by atoms with Crippen LogP contribution in [0.3, 0.4) is 0 Å². The number of benzene rings is 2. The van der Waals surface area contributed by atoms with Crippen LogP contribution < -0.4 is 5.43 Å². The van der Waals surface area contributed by atoms with Gasteiger partial charge in [0.25, 0.3) is 0 Å². The third-order valence-electron chi connectivity index (χ3n) is 3.57. The Morgan fingerprint density at radius 2 is 1.43 bits per heavy atom. The second-order valence-electron chi connectivity index (χ2n) is 5.08. The lowest BCUT2D eigenvalue weighted by atomic mass is 10.1. The van der Waals surface area contributed by atoms with Crippen molar-refractivity contribution in [1.82, 2.24) is 0 Å². The van der Waals surface area contributed by atoms with E-state index in [1.165, 1.54) is 13.0 Å². The second-order valence-corrected chi connectivity index (χ2v) is 5.08. The van der Waals surface area contributed by atoms with Gasteiger partial charge in [0.2, 0.25) is 0 Å². The fourth-order valence-electron chi connectivity index (χ4n) is 2.28. The Kier molecular flexibility index (Phi) is 3.07. The molecule has 7 heteroatoms. The summed E-state index contributed by atoms with van der Waals surface area (Å²) >= 11 is 0. The van der Waals surface area contributed by atoms with E-state index in [-0.39, 0.29) is 39.4 Å². The molecule has 23 heavy (non-hydrogen) atoms. The largest absolute Gasteiger partial charge is 0.507 e. The highest BCUT2D eigenvalue weighted by atomic mass is 16.3. The summed E-state index contributed by atoms with van der Waals surface area (Å²) in [7, 11) is 0. The Labute approximate surface area is 128 Å². The van der Waals surface area contributed by atoms with Crippen molar-refractivity contribution in [2.75, 3.05) is 0 Å². The molecule has 0 spiro atoms. The molecule has 3 rings (SSSR count). The summed E-state index contributed by atoms with van der Waals surface area (Å²) < 4.78 is 5.47. The molecule has 1 aromatic heterocycles. The average Bonchev–Trinajstić information content (AvgIpc) is 2.49.